The van der Waals surface area contributed by atoms with Crippen LogP contribution in [0.25, 0.3) is 0 Å². The van der Waals surface area contributed by atoms with Crippen molar-refractivity contribution in [3.8, 4) is 0 Å². The molecular formula is C10H12BrN5O. The summed E-state index contributed by atoms with van der Waals surface area (Å²) < 4.78 is 2.45. The smallest absolute Gasteiger partial charge is 0.274 e. The molecule has 0 atom stereocenters. The van der Waals surface area contributed by atoms with Crippen LogP contribution < -0.4 is 5.32 Å². The molecule has 2 heterocycles. The number of hydrogen-bond acceptors (Lipinski definition) is 3. The van der Waals surface area contributed by atoms with Crippen LogP contribution in [0.5, 0.6) is 0 Å². The highest BCUT2D eigenvalue weighted by Crippen LogP contribution is 2.17. The second-order valence-electron chi connectivity index (χ2n) is 3.51. The van der Waals surface area contributed by atoms with Gasteiger partial charge in [-0.05, 0) is 29.8 Å². The molecule has 2 rings (SSSR count). The first kappa shape index (κ1) is 11.8. The summed E-state index contributed by atoms with van der Waals surface area (Å²) >= 11 is 3.24. The maximum atomic E-state index is 11.9. The molecule has 0 aliphatic rings. The van der Waals surface area contributed by atoms with Crippen LogP contribution in [0.3, 0.4) is 0 Å². The zero-order valence-electron chi connectivity index (χ0n) is 9.49. The van der Waals surface area contributed by atoms with E-state index in [1.165, 1.54) is 6.20 Å². The van der Waals surface area contributed by atoms with E-state index >= 15 is 0 Å². The largest absolute Gasteiger partial charge is 0.318 e. The van der Waals surface area contributed by atoms with Gasteiger partial charge < -0.3 is 5.32 Å². The molecular weight excluding hydrogens is 286 g/mol. The molecule has 2 aromatic heterocycles. The fraction of sp³-hybridized carbons (Fsp3) is 0.300. The minimum Gasteiger partial charge on any atom is -0.318 e. The van der Waals surface area contributed by atoms with Crippen molar-refractivity contribution in [2.45, 2.75) is 20.4 Å². The Morgan fingerprint density at radius 3 is 2.88 bits per heavy atom. The molecule has 17 heavy (non-hydrogen) atoms. The maximum Gasteiger partial charge on any atom is 0.274 e. The number of amides is 1. The first-order valence-electron chi connectivity index (χ1n) is 5.16. The summed E-state index contributed by atoms with van der Waals surface area (Å²) in [6, 6.07) is 0. The van der Waals surface area contributed by atoms with Crippen LogP contribution in [0.4, 0.5) is 5.69 Å². The minimum absolute atomic E-state index is 0.242. The Hall–Kier alpha value is -1.63. The highest BCUT2D eigenvalue weighted by molar-refractivity contribution is 9.10. The van der Waals surface area contributed by atoms with Crippen LogP contribution in [0.1, 0.15) is 23.1 Å². The number of carbonyl (C=O) groups excluding carboxylic acids is 1. The summed E-state index contributed by atoms with van der Waals surface area (Å²) in [5.41, 5.74) is 2.03. The zero-order chi connectivity index (χ0) is 12.4. The highest BCUT2D eigenvalue weighted by atomic mass is 79.9. The maximum absolute atomic E-state index is 11.9. The van der Waals surface area contributed by atoms with Crippen molar-refractivity contribution in [3.63, 3.8) is 0 Å². The molecule has 7 heteroatoms. The van der Waals surface area contributed by atoms with Gasteiger partial charge in [0.05, 0.1) is 28.2 Å². The minimum atomic E-state index is -0.242. The average molecular weight is 298 g/mol. The highest BCUT2D eigenvalue weighted by Gasteiger charge is 2.14. The normalized spacial score (nSPS) is 10.5. The first-order valence-corrected chi connectivity index (χ1v) is 5.95. The van der Waals surface area contributed by atoms with Crippen molar-refractivity contribution in [2.75, 3.05) is 5.32 Å². The van der Waals surface area contributed by atoms with Crippen molar-refractivity contribution in [3.05, 3.63) is 28.3 Å². The van der Waals surface area contributed by atoms with Crippen molar-refractivity contribution >= 4 is 27.5 Å². The predicted octanol–water partition coefficient (Wildman–Crippen LogP) is 1.95. The van der Waals surface area contributed by atoms with Crippen LogP contribution in [0, 0.1) is 6.92 Å². The van der Waals surface area contributed by atoms with E-state index < -0.39 is 0 Å². The van der Waals surface area contributed by atoms with Gasteiger partial charge in [0, 0.05) is 6.54 Å². The first-order chi connectivity index (χ1) is 8.13. The second kappa shape index (κ2) is 4.70. The van der Waals surface area contributed by atoms with Crippen LogP contribution in [-0.4, -0.2) is 25.9 Å². The Morgan fingerprint density at radius 2 is 2.35 bits per heavy atom. The molecule has 2 aromatic rings. The van der Waals surface area contributed by atoms with Crippen LogP contribution in [0.2, 0.25) is 0 Å². The third-order valence-corrected chi connectivity index (χ3v) is 3.07. The van der Waals surface area contributed by atoms with Crippen molar-refractivity contribution in [1.29, 1.82) is 0 Å². The molecule has 2 N–H and O–H groups in total. The van der Waals surface area contributed by atoms with Gasteiger partial charge in [0.15, 0.2) is 0 Å². The molecule has 0 bridgehead atoms. The van der Waals surface area contributed by atoms with E-state index in [0.717, 1.165) is 12.2 Å². The summed E-state index contributed by atoms with van der Waals surface area (Å²) in [5.74, 6) is -0.242. The summed E-state index contributed by atoms with van der Waals surface area (Å²) in [6.45, 7) is 4.68. The number of H-pyrrole nitrogens is 1. The third-order valence-electron chi connectivity index (χ3n) is 2.47. The zero-order valence-corrected chi connectivity index (χ0v) is 11.1. The standard InChI is InChI=1S/C10H12BrN5O/c1-3-16-6(2)8(5-13-16)14-10(17)9-7(11)4-12-15-9/h4-5H,3H2,1-2H3,(H,12,15)(H,14,17). The van der Waals surface area contributed by atoms with Gasteiger partial charge in [0.25, 0.3) is 5.91 Å². The molecule has 0 aromatic carbocycles. The Balaban J connectivity index is 2.19. The number of halogens is 1. The molecule has 0 saturated heterocycles. The molecule has 0 spiro atoms. The third kappa shape index (κ3) is 2.23. The Morgan fingerprint density at radius 1 is 1.59 bits per heavy atom. The molecule has 0 aliphatic carbocycles. The predicted molar refractivity (Wildman–Crippen MR) is 66.9 cm³/mol. The lowest BCUT2D eigenvalue weighted by Crippen LogP contribution is -2.13. The van der Waals surface area contributed by atoms with E-state index in [0.29, 0.717) is 15.9 Å². The van der Waals surface area contributed by atoms with E-state index in [9.17, 15) is 4.79 Å². The van der Waals surface area contributed by atoms with E-state index in [1.54, 1.807) is 6.20 Å². The monoisotopic (exact) mass is 297 g/mol. The van der Waals surface area contributed by atoms with Crippen molar-refractivity contribution in [2.24, 2.45) is 0 Å². The Labute approximate surface area is 107 Å². The number of aryl methyl sites for hydroxylation is 1. The number of nitrogens with zero attached hydrogens (tertiary/aromatic N) is 3. The lowest BCUT2D eigenvalue weighted by Gasteiger charge is -2.04. The van der Waals surface area contributed by atoms with Gasteiger partial charge in [-0.25, -0.2) is 0 Å². The SMILES string of the molecule is CCn1ncc(NC(=O)c2[nH]ncc2Br)c1C. The summed E-state index contributed by atoms with van der Waals surface area (Å²) in [5, 5.41) is 13.3. The summed E-state index contributed by atoms with van der Waals surface area (Å²) in [7, 11) is 0. The summed E-state index contributed by atoms with van der Waals surface area (Å²) in [6.07, 6.45) is 3.18. The van der Waals surface area contributed by atoms with Gasteiger partial charge in [0.2, 0.25) is 0 Å². The van der Waals surface area contributed by atoms with Crippen LogP contribution in [-0.2, 0) is 6.54 Å². The second-order valence-corrected chi connectivity index (χ2v) is 4.36. The Bertz CT molecular complexity index is 545. The van der Waals surface area contributed by atoms with E-state index in [4.69, 9.17) is 0 Å². The molecule has 1 amide bonds. The van der Waals surface area contributed by atoms with Gasteiger partial charge in [-0.15, -0.1) is 0 Å². The summed E-state index contributed by atoms with van der Waals surface area (Å²) in [4.78, 5) is 11.9. The number of anilines is 1. The number of nitrogens with one attached hydrogen (secondary N) is 2. The van der Waals surface area contributed by atoms with E-state index in [-0.39, 0.29) is 5.91 Å². The molecule has 0 aliphatic heterocycles. The molecule has 90 valence electrons. The quantitative estimate of drug-likeness (QED) is 0.909. The molecule has 6 nitrogen and oxygen atoms in total. The molecule has 0 saturated carbocycles. The average Bonchev–Trinajstić information content (AvgIpc) is 2.87. The number of aromatic nitrogens is 4. The van der Waals surface area contributed by atoms with E-state index in [1.807, 2.05) is 18.5 Å². The Kier molecular flexibility index (Phi) is 3.28. The van der Waals surface area contributed by atoms with Crippen LogP contribution in [0.15, 0.2) is 16.9 Å². The number of aromatic amines is 1. The fourth-order valence-corrected chi connectivity index (χ4v) is 1.87. The van der Waals surface area contributed by atoms with Crippen LogP contribution >= 0.6 is 15.9 Å². The van der Waals surface area contributed by atoms with Crippen molar-refractivity contribution in [1.82, 2.24) is 20.0 Å². The number of hydrogen-bond donors (Lipinski definition) is 2. The molecule has 0 fully saturated rings. The lowest BCUT2D eigenvalue weighted by atomic mass is 10.3. The lowest BCUT2D eigenvalue weighted by molar-refractivity contribution is 0.102. The van der Waals surface area contributed by atoms with Gasteiger partial charge in [-0.1, -0.05) is 0 Å². The van der Waals surface area contributed by atoms with Gasteiger partial charge in [-0.2, -0.15) is 10.2 Å². The molecule has 0 radical (unpaired) electrons. The van der Waals surface area contributed by atoms with Gasteiger partial charge in [-0.3, -0.25) is 14.6 Å². The van der Waals surface area contributed by atoms with E-state index in [2.05, 4.69) is 36.5 Å². The number of rotatable bonds is 3. The fourth-order valence-electron chi connectivity index (χ4n) is 1.50. The molecule has 0 unspecified atom stereocenters. The van der Waals surface area contributed by atoms with Crippen molar-refractivity contribution < 1.29 is 4.79 Å². The number of carbonyl (C=O) groups is 1. The van der Waals surface area contributed by atoms with Gasteiger partial charge in [0.1, 0.15) is 5.69 Å². The van der Waals surface area contributed by atoms with Gasteiger partial charge >= 0.3 is 0 Å². The topological polar surface area (TPSA) is 75.6 Å².